The fourth-order valence-corrected chi connectivity index (χ4v) is 5.28. The summed E-state index contributed by atoms with van der Waals surface area (Å²) in [7, 11) is 0. The molecule has 0 spiro atoms. The van der Waals surface area contributed by atoms with E-state index in [1.54, 1.807) is 6.92 Å². The molecular weight excluding hydrogens is 472 g/mol. The van der Waals surface area contributed by atoms with Crippen LogP contribution in [0.15, 0.2) is 24.3 Å². The lowest BCUT2D eigenvalue weighted by molar-refractivity contribution is -0.152. The third-order valence-electron chi connectivity index (χ3n) is 7.75. The number of carboxylic acid groups (broad SMARTS) is 1. The van der Waals surface area contributed by atoms with Gasteiger partial charge in [-0.2, -0.15) is 0 Å². The predicted molar refractivity (Wildman–Crippen MR) is 141 cm³/mol. The Balaban J connectivity index is 1.75. The summed E-state index contributed by atoms with van der Waals surface area (Å²) in [5, 5.41) is 13.1. The quantitative estimate of drug-likeness (QED) is 0.480. The van der Waals surface area contributed by atoms with Crippen molar-refractivity contribution in [3.05, 3.63) is 29.8 Å². The number of carbonyl (C=O) groups excluding carboxylic acids is 2. The lowest BCUT2D eigenvalue weighted by Crippen LogP contribution is -2.46. The van der Waals surface area contributed by atoms with Crippen LogP contribution in [0.1, 0.15) is 71.3 Å². The summed E-state index contributed by atoms with van der Waals surface area (Å²) in [6.45, 7) is 7.30. The van der Waals surface area contributed by atoms with E-state index in [2.05, 4.69) is 5.32 Å². The van der Waals surface area contributed by atoms with Crippen molar-refractivity contribution in [2.45, 2.75) is 84.2 Å². The topological polar surface area (TPSA) is 128 Å². The Morgan fingerprint density at radius 1 is 1.16 bits per heavy atom. The number of amides is 1. The Morgan fingerprint density at radius 3 is 2.46 bits per heavy atom. The van der Waals surface area contributed by atoms with Crippen molar-refractivity contribution in [3.8, 4) is 5.75 Å². The highest BCUT2D eigenvalue weighted by Crippen LogP contribution is 2.39. The van der Waals surface area contributed by atoms with Gasteiger partial charge in [-0.3, -0.25) is 14.4 Å². The summed E-state index contributed by atoms with van der Waals surface area (Å²) in [4.78, 5) is 38.9. The number of rotatable bonds is 8. The highest BCUT2D eigenvalue weighted by Gasteiger charge is 2.41. The molecule has 4 N–H and O–H groups in total. The van der Waals surface area contributed by atoms with E-state index in [-0.39, 0.29) is 48.5 Å². The molecule has 1 aromatic carbocycles. The number of fused-ring (bicyclic) bond motifs is 13. The summed E-state index contributed by atoms with van der Waals surface area (Å²) >= 11 is 0. The van der Waals surface area contributed by atoms with E-state index < -0.39 is 17.3 Å². The van der Waals surface area contributed by atoms with Gasteiger partial charge in [0.05, 0.1) is 24.7 Å². The van der Waals surface area contributed by atoms with Crippen LogP contribution < -0.4 is 15.8 Å². The van der Waals surface area contributed by atoms with E-state index in [4.69, 9.17) is 15.2 Å². The SMILES string of the molecule is CC(C)[C@H]1COCCCCOc2ccc(cc2)C[C@@H](CC(=O)C[C@@](C)(CC2CC(N)C2)C(=O)O)C(=O)N1. The average molecular weight is 517 g/mol. The molecule has 8 heteroatoms. The first kappa shape index (κ1) is 29.1. The smallest absolute Gasteiger partial charge is 0.309 e. The Bertz CT molecular complexity index is 911. The van der Waals surface area contributed by atoms with Crippen LogP contribution in [-0.4, -0.2) is 54.7 Å². The van der Waals surface area contributed by atoms with E-state index >= 15 is 0 Å². The normalized spacial score (nSPS) is 27.0. The molecule has 1 saturated carbocycles. The lowest BCUT2D eigenvalue weighted by atomic mass is 9.68. The number of hydrogen-bond donors (Lipinski definition) is 3. The number of nitrogens with two attached hydrogens (primary N) is 1. The van der Waals surface area contributed by atoms with E-state index in [1.165, 1.54) is 0 Å². The molecule has 37 heavy (non-hydrogen) atoms. The van der Waals surface area contributed by atoms with E-state index in [0.717, 1.165) is 37.0 Å². The molecule has 8 nitrogen and oxygen atoms in total. The molecule has 206 valence electrons. The van der Waals surface area contributed by atoms with Gasteiger partial charge in [0, 0.05) is 31.4 Å². The zero-order valence-corrected chi connectivity index (χ0v) is 22.5. The number of ether oxygens (including phenoxy) is 2. The summed E-state index contributed by atoms with van der Waals surface area (Å²) in [6.07, 6.45) is 4.03. The van der Waals surface area contributed by atoms with Gasteiger partial charge in [-0.05, 0) is 75.0 Å². The molecule has 3 atom stereocenters. The monoisotopic (exact) mass is 516 g/mol. The van der Waals surface area contributed by atoms with Gasteiger partial charge in [-0.25, -0.2) is 0 Å². The van der Waals surface area contributed by atoms with E-state index in [9.17, 15) is 19.5 Å². The second-order valence-corrected chi connectivity index (χ2v) is 11.6. The van der Waals surface area contributed by atoms with Gasteiger partial charge in [0.25, 0.3) is 0 Å². The van der Waals surface area contributed by atoms with Gasteiger partial charge < -0.3 is 25.6 Å². The number of carbonyl (C=O) groups is 3. The van der Waals surface area contributed by atoms with Crippen LogP contribution in [0.2, 0.25) is 0 Å². The number of nitrogens with one attached hydrogen (secondary N) is 1. The molecule has 2 bridgehead atoms. The fourth-order valence-electron chi connectivity index (χ4n) is 5.28. The molecule has 1 aromatic rings. The number of Topliss-reactive ketones (excluding diaryl/α,β-unsaturated/α-hetero) is 1. The van der Waals surface area contributed by atoms with Crippen LogP contribution in [-0.2, 0) is 25.5 Å². The maximum atomic E-state index is 13.5. The van der Waals surface area contributed by atoms with Crippen LogP contribution in [0.3, 0.4) is 0 Å². The standard InChI is InChI=1S/C29H44N2O6/c1-19(2)26-18-36-10-4-5-11-37-25-8-6-20(7-9-25)12-22(27(33)31-26)15-24(32)17-29(3,28(34)35)16-21-13-23(30)14-21/h6-9,19,21-23,26H,4-5,10-18,30H2,1-3H3,(H,31,33)(H,34,35)/t21?,22-,23?,26+,29+/m0/s1. The number of aliphatic carboxylic acids is 1. The van der Waals surface area contributed by atoms with Crippen molar-refractivity contribution in [2.75, 3.05) is 19.8 Å². The molecule has 2 heterocycles. The molecule has 1 fully saturated rings. The molecule has 0 unspecified atom stereocenters. The molecule has 4 rings (SSSR count). The van der Waals surface area contributed by atoms with Gasteiger partial charge in [-0.1, -0.05) is 26.0 Å². The van der Waals surface area contributed by atoms with Crippen molar-refractivity contribution in [2.24, 2.45) is 28.9 Å². The van der Waals surface area contributed by atoms with Crippen LogP contribution in [0.5, 0.6) is 5.75 Å². The van der Waals surface area contributed by atoms with Gasteiger partial charge >= 0.3 is 5.97 Å². The Hall–Kier alpha value is -2.45. The molecule has 0 radical (unpaired) electrons. The first-order chi connectivity index (χ1) is 17.6. The summed E-state index contributed by atoms with van der Waals surface area (Å²) < 4.78 is 11.6. The van der Waals surface area contributed by atoms with Crippen LogP contribution in [0.25, 0.3) is 0 Å². The van der Waals surface area contributed by atoms with Crippen molar-refractivity contribution in [1.82, 2.24) is 5.32 Å². The van der Waals surface area contributed by atoms with Gasteiger partial charge in [-0.15, -0.1) is 0 Å². The number of ketones is 1. The highest BCUT2D eigenvalue weighted by atomic mass is 16.5. The van der Waals surface area contributed by atoms with Gasteiger partial charge in [0.2, 0.25) is 5.91 Å². The first-order valence-corrected chi connectivity index (χ1v) is 13.7. The van der Waals surface area contributed by atoms with Crippen molar-refractivity contribution in [1.29, 1.82) is 0 Å². The van der Waals surface area contributed by atoms with Crippen molar-refractivity contribution in [3.63, 3.8) is 0 Å². The Morgan fingerprint density at radius 2 is 1.84 bits per heavy atom. The maximum absolute atomic E-state index is 13.5. The summed E-state index contributed by atoms with van der Waals surface area (Å²) in [5.74, 6) is -0.847. The van der Waals surface area contributed by atoms with E-state index in [1.807, 2.05) is 38.1 Å². The molecule has 2 aliphatic heterocycles. The summed E-state index contributed by atoms with van der Waals surface area (Å²) in [5.41, 5.74) is 5.65. The molecule has 0 aromatic heterocycles. The molecule has 0 saturated heterocycles. The maximum Gasteiger partial charge on any atom is 0.309 e. The first-order valence-electron chi connectivity index (χ1n) is 13.7. The third kappa shape index (κ3) is 8.82. The molecule has 1 aliphatic carbocycles. The molecule has 3 aliphatic rings. The van der Waals surface area contributed by atoms with Crippen molar-refractivity contribution < 1.29 is 29.0 Å². The molecule has 1 amide bonds. The lowest BCUT2D eigenvalue weighted by Gasteiger charge is -2.38. The number of carboxylic acids is 1. The van der Waals surface area contributed by atoms with Gasteiger partial charge in [0.1, 0.15) is 11.5 Å². The van der Waals surface area contributed by atoms with Crippen LogP contribution >= 0.6 is 0 Å². The second kappa shape index (κ2) is 13.4. The minimum atomic E-state index is -1.16. The third-order valence-corrected chi connectivity index (χ3v) is 7.75. The largest absolute Gasteiger partial charge is 0.494 e. The van der Waals surface area contributed by atoms with Crippen LogP contribution in [0.4, 0.5) is 0 Å². The zero-order valence-electron chi connectivity index (χ0n) is 22.5. The predicted octanol–water partition coefficient (Wildman–Crippen LogP) is 3.74. The zero-order chi connectivity index (χ0) is 27.0. The fraction of sp³-hybridized carbons (Fsp3) is 0.690. The number of benzene rings is 1. The van der Waals surface area contributed by atoms with Crippen LogP contribution in [0, 0.1) is 23.2 Å². The molecular formula is C29H44N2O6. The van der Waals surface area contributed by atoms with Gasteiger partial charge in [0.15, 0.2) is 0 Å². The van der Waals surface area contributed by atoms with E-state index in [0.29, 0.717) is 32.7 Å². The van der Waals surface area contributed by atoms with Crippen molar-refractivity contribution >= 4 is 17.7 Å². The Kier molecular flexibility index (Phi) is 10.5. The minimum absolute atomic E-state index is 0.0111. The highest BCUT2D eigenvalue weighted by molar-refractivity contribution is 5.90. The Labute approximate surface area is 220 Å². The summed E-state index contributed by atoms with van der Waals surface area (Å²) in [6, 6.07) is 7.57. The average Bonchev–Trinajstić information content (AvgIpc) is 2.81. The second-order valence-electron chi connectivity index (χ2n) is 11.6. The minimum Gasteiger partial charge on any atom is -0.494 e. The number of hydrogen-bond acceptors (Lipinski definition) is 6.